The molecule has 0 bridgehead atoms. The van der Waals surface area contributed by atoms with Gasteiger partial charge in [-0.3, -0.25) is 9.69 Å². The van der Waals surface area contributed by atoms with Crippen molar-refractivity contribution in [2.24, 2.45) is 5.92 Å². The summed E-state index contributed by atoms with van der Waals surface area (Å²) in [7, 11) is 0. The molecule has 1 unspecified atom stereocenters. The number of carboxylic acid groups (broad SMARTS) is 1. The number of carbonyl (C=O) groups is 1. The standard InChI is InChI=1S/C27H29NO2/c1-2-20-8-10-23(11-9-20)26(28-18-16-25(17-19-28)27(29)30)24-14-12-22(13-15-24)21-6-4-3-5-7-21/h3-15,25-26H,2,16-19H2,1H3,(H,29,30). The molecule has 0 aliphatic carbocycles. The van der Waals surface area contributed by atoms with Crippen LogP contribution in [0.4, 0.5) is 0 Å². The summed E-state index contributed by atoms with van der Waals surface area (Å²) >= 11 is 0. The molecule has 1 atom stereocenters. The number of carboxylic acids is 1. The third kappa shape index (κ3) is 4.47. The van der Waals surface area contributed by atoms with E-state index >= 15 is 0 Å². The van der Waals surface area contributed by atoms with E-state index in [1.165, 1.54) is 27.8 Å². The summed E-state index contributed by atoms with van der Waals surface area (Å²) in [6.07, 6.45) is 2.45. The van der Waals surface area contributed by atoms with Gasteiger partial charge in [0.1, 0.15) is 0 Å². The highest BCUT2D eigenvalue weighted by Gasteiger charge is 2.30. The lowest BCUT2D eigenvalue weighted by atomic mass is 9.90. The second-order valence-electron chi connectivity index (χ2n) is 8.13. The van der Waals surface area contributed by atoms with E-state index in [1.807, 2.05) is 6.07 Å². The van der Waals surface area contributed by atoms with Gasteiger partial charge in [-0.1, -0.05) is 85.8 Å². The number of likely N-dealkylation sites (tertiary alicyclic amines) is 1. The number of piperidine rings is 1. The third-order valence-electron chi connectivity index (χ3n) is 6.28. The first kappa shape index (κ1) is 20.4. The molecule has 0 radical (unpaired) electrons. The minimum atomic E-state index is -0.661. The Morgan fingerprint density at radius 3 is 1.93 bits per heavy atom. The van der Waals surface area contributed by atoms with E-state index in [4.69, 9.17) is 0 Å². The van der Waals surface area contributed by atoms with Gasteiger partial charge in [-0.25, -0.2) is 0 Å². The van der Waals surface area contributed by atoms with Gasteiger partial charge in [-0.2, -0.15) is 0 Å². The highest BCUT2D eigenvalue weighted by molar-refractivity contribution is 5.70. The predicted octanol–water partition coefficient (Wildman–Crippen LogP) is 5.80. The summed E-state index contributed by atoms with van der Waals surface area (Å²) in [5, 5.41) is 9.38. The maximum Gasteiger partial charge on any atom is 0.306 e. The number of hydrogen-bond acceptors (Lipinski definition) is 2. The fourth-order valence-corrected chi connectivity index (χ4v) is 4.44. The molecule has 1 N–H and O–H groups in total. The molecule has 3 heteroatoms. The molecular weight excluding hydrogens is 370 g/mol. The topological polar surface area (TPSA) is 40.5 Å². The molecule has 0 amide bonds. The summed E-state index contributed by atoms with van der Waals surface area (Å²) in [5.41, 5.74) is 6.29. The first-order valence-electron chi connectivity index (χ1n) is 10.9. The lowest BCUT2D eigenvalue weighted by Gasteiger charge is -2.37. The van der Waals surface area contributed by atoms with Gasteiger partial charge in [0.2, 0.25) is 0 Å². The van der Waals surface area contributed by atoms with Crippen LogP contribution in [0, 0.1) is 5.92 Å². The van der Waals surface area contributed by atoms with Crippen molar-refractivity contribution in [1.29, 1.82) is 0 Å². The molecule has 3 aromatic carbocycles. The maximum atomic E-state index is 11.4. The van der Waals surface area contributed by atoms with Crippen molar-refractivity contribution >= 4 is 5.97 Å². The van der Waals surface area contributed by atoms with E-state index in [0.717, 1.165) is 19.5 Å². The number of aliphatic carboxylic acids is 1. The minimum Gasteiger partial charge on any atom is -0.481 e. The molecule has 154 valence electrons. The molecule has 0 saturated carbocycles. The highest BCUT2D eigenvalue weighted by Crippen LogP contribution is 2.34. The minimum absolute atomic E-state index is 0.149. The Hall–Kier alpha value is -2.91. The molecular formula is C27H29NO2. The average Bonchev–Trinajstić information content (AvgIpc) is 2.81. The zero-order valence-electron chi connectivity index (χ0n) is 17.5. The van der Waals surface area contributed by atoms with Gasteiger partial charge in [0, 0.05) is 0 Å². The highest BCUT2D eigenvalue weighted by atomic mass is 16.4. The van der Waals surface area contributed by atoms with Gasteiger partial charge in [-0.15, -0.1) is 0 Å². The third-order valence-corrected chi connectivity index (χ3v) is 6.28. The fourth-order valence-electron chi connectivity index (χ4n) is 4.44. The van der Waals surface area contributed by atoms with Crippen LogP contribution in [0.5, 0.6) is 0 Å². The molecule has 30 heavy (non-hydrogen) atoms. The fraction of sp³-hybridized carbons (Fsp3) is 0.296. The Morgan fingerprint density at radius 2 is 1.40 bits per heavy atom. The van der Waals surface area contributed by atoms with E-state index in [0.29, 0.717) is 12.8 Å². The molecule has 3 nitrogen and oxygen atoms in total. The van der Waals surface area contributed by atoms with E-state index in [1.54, 1.807) is 0 Å². The molecule has 4 rings (SSSR count). The zero-order valence-corrected chi connectivity index (χ0v) is 17.5. The van der Waals surface area contributed by atoms with Gasteiger partial charge in [0.05, 0.1) is 12.0 Å². The van der Waals surface area contributed by atoms with Gasteiger partial charge in [-0.05, 0) is 60.2 Å². The van der Waals surface area contributed by atoms with Crippen molar-refractivity contribution in [3.8, 4) is 11.1 Å². The van der Waals surface area contributed by atoms with Crippen molar-refractivity contribution in [3.05, 3.63) is 95.6 Å². The predicted molar refractivity (Wildman–Crippen MR) is 121 cm³/mol. The van der Waals surface area contributed by atoms with Crippen LogP contribution in [0.25, 0.3) is 11.1 Å². The van der Waals surface area contributed by atoms with Gasteiger partial charge in [0.25, 0.3) is 0 Å². The van der Waals surface area contributed by atoms with Crippen LogP contribution >= 0.6 is 0 Å². The van der Waals surface area contributed by atoms with Crippen molar-refractivity contribution in [2.45, 2.75) is 32.2 Å². The van der Waals surface area contributed by atoms with Crippen LogP contribution in [0.2, 0.25) is 0 Å². The Labute approximate surface area is 179 Å². The number of aryl methyl sites for hydroxylation is 1. The molecule has 0 spiro atoms. The van der Waals surface area contributed by atoms with Crippen molar-refractivity contribution in [2.75, 3.05) is 13.1 Å². The Balaban J connectivity index is 1.64. The van der Waals surface area contributed by atoms with Crippen LogP contribution in [0.3, 0.4) is 0 Å². The molecule has 1 aliphatic heterocycles. The smallest absolute Gasteiger partial charge is 0.306 e. The number of rotatable bonds is 6. The van der Waals surface area contributed by atoms with E-state index in [2.05, 4.69) is 84.6 Å². The van der Waals surface area contributed by atoms with Crippen molar-refractivity contribution < 1.29 is 9.90 Å². The maximum absolute atomic E-state index is 11.4. The van der Waals surface area contributed by atoms with E-state index < -0.39 is 5.97 Å². The molecule has 1 saturated heterocycles. The first-order valence-corrected chi connectivity index (χ1v) is 10.9. The Kier molecular flexibility index (Phi) is 6.29. The molecule has 1 fully saturated rings. The molecule has 1 aliphatic rings. The average molecular weight is 400 g/mol. The van der Waals surface area contributed by atoms with Gasteiger partial charge >= 0.3 is 5.97 Å². The lowest BCUT2D eigenvalue weighted by Crippen LogP contribution is -2.39. The summed E-state index contributed by atoms with van der Waals surface area (Å²) in [6, 6.07) is 28.3. The summed E-state index contributed by atoms with van der Waals surface area (Å²) in [4.78, 5) is 13.8. The van der Waals surface area contributed by atoms with Gasteiger partial charge in [0.15, 0.2) is 0 Å². The second kappa shape index (κ2) is 9.27. The van der Waals surface area contributed by atoms with Crippen molar-refractivity contribution in [1.82, 2.24) is 4.90 Å². The Morgan fingerprint density at radius 1 is 0.867 bits per heavy atom. The van der Waals surface area contributed by atoms with Crippen LogP contribution in [-0.4, -0.2) is 29.1 Å². The van der Waals surface area contributed by atoms with E-state index in [9.17, 15) is 9.90 Å². The van der Waals surface area contributed by atoms with E-state index in [-0.39, 0.29) is 12.0 Å². The molecule has 0 aromatic heterocycles. The SMILES string of the molecule is CCc1ccc(C(c2ccc(-c3ccccc3)cc2)N2CCC(C(=O)O)CC2)cc1. The summed E-state index contributed by atoms with van der Waals surface area (Å²) in [5.74, 6) is -0.879. The lowest BCUT2D eigenvalue weighted by molar-refractivity contribution is -0.143. The molecule has 1 heterocycles. The largest absolute Gasteiger partial charge is 0.481 e. The number of hydrogen-bond donors (Lipinski definition) is 1. The van der Waals surface area contributed by atoms with Crippen molar-refractivity contribution in [3.63, 3.8) is 0 Å². The number of benzene rings is 3. The number of nitrogens with zero attached hydrogens (tertiary/aromatic N) is 1. The van der Waals surface area contributed by atoms with Crippen LogP contribution < -0.4 is 0 Å². The summed E-state index contributed by atoms with van der Waals surface area (Å²) < 4.78 is 0. The monoisotopic (exact) mass is 399 g/mol. The summed E-state index contributed by atoms with van der Waals surface area (Å²) in [6.45, 7) is 3.78. The molecule has 3 aromatic rings. The Bertz CT molecular complexity index is 956. The quantitative estimate of drug-likeness (QED) is 0.569. The van der Waals surface area contributed by atoms with Gasteiger partial charge < -0.3 is 5.11 Å². The first-order chi connectivity index (χ1) is 14.7. The van der Waals surface area contributed by atoms with Crippen LogP contribution in [-0.2, 0) is 11.2 Å². The van der Waals surface area contributed by atoms with Crippen LogP contribution in [0.1, 0.15) is 42.5 Å². The second-order valence-corrected chi connectivity index (χ2v) is 8.13. The van der Waals surface area contributed by atoms with Crippen LogP contribution in [0.15, 0.2) is 78.9 Å². The zero-order chi connectivity index (χ0) is 20.9. The normalized spacial score (nSPS) is 16.3.